The van der Waals surface area contributed by atoms with Crippen molar-refractivity contribution in [3.63, 3.8) is 0 Å². The predicted octanol–water partition coefficient (Wildman–Crippen LogP) is 3.65. The van der Waals surface area contributed by atoms with E-state index in [0.717, 1.165) is 11.1 Å². The molecule has 29 heavy (non-hydrogen) atoms. The average Bonchev–Trinajstić information content (AvgIpc) is 3.22. The quantitative estimate of drug-likeness (QED) is 0.667. The van der Waals surface area contributed by atoms with E-state index in [0.29, 0.717) is 11.5 Å². The maximum Gasteiger partial charge on any atom is 0.287 e. The lowest BCUT2D eigenvalue weighted by molar-refractivity contribution is -0.123. The van der Waals surface area contributed by atoms with E-state index in [1.54, 1.807) is 36.5 Å². The van der Waals surface area contributed by atoms with Gasteiger partial charge in [0, 0.05) is 18.8 Å². The fraction of sp³-hybridized carbons (Fsp3) is 0.227. The van der Waals surface area contributed by atoms with Crippen molar-refractivity contribution in [3.05, 3.63) is 66.3 Å². The number of pyridine rings is 1. The van der Waals surface area contributed by atoms with Gasteiger partial charge in [-0.2, -0.15) is 0 Å². The molecule has 0 radical (unpaired) electrons. The molecule has 2 aromatic heterocycles. The van der Waals surface area contributed by atoms with Crippen molar-refractivity contribution in [3.8, 4) is 22.6 Å². The maximum absolute atomic E-state index is 13.1. The first kappa shape index (κ1) is 20.3. The minimum Gasteiger partial charge on any atom is -0.449 e. The third kappa shape index (κ3) is 4.68. The van der Waals surface area contributed by atoms with Crippen molar-refractivity contribution < 1.29 is 18.4 Å². The summed E-state index contributed by atoms with van der Waals surface area (Å²) in [7, 11) is 1.52. The highest BCUT2D eigenvalue weighted by Gasteiger charge is 2.25. The Bertz CT molecular complexity index is 995. The van der Waals surface area contributed by atoms with Crippen LogP contribution in [0.15, 0.2) is 59.1 Å². The Labute approximate surface area is 168 Å². The smallest absolute Gasteiger partial charge is 0.287 e. The Morgan fingerprint density at radius 3 is 2.28 bits per heavy atom. The number of likely N-dealkylation sites (N-methyl/N-ethyl adjacent to an activating group) is 1. The third-order valence-electron chi connectivity index (χ3n) is 4.51. The summed E-state index contributed by atoms with van der Waals surface area (Å²) >= 11 is 0. The van der Waals surface area contributed by atoms with Crippen molar-refractivity contribution in [2.24, 2.45) is 5.92 Å². The first-order chi connectivity index (χ1) is 13.9. The number of hydrogen-bond acceptors (Lipinski definition) is 4. The molecule has 3 aromatic rings. The molecule has 2 heterocycles. The molecule has 1 aromatic carbocycles. The van der Waals surface area contributed by atoms with E-state index < -0.39 is 11.9 Å². The van der Waals surface area contributed by atoms with Crippen LogP contribution in [-0.4, -0.2) is 29.9 Å². The number of carbonyl (C=O) groups is 2. The molecule has 0 aliphatic heterocycles. The van der Waals surface area contributed by atoms with Crippen molar-refractivity contribution in [2.75, 3.05) is 7.05 Å². The molecule has 0 saturated heterocycles. The summed E-state index contributed by atoms with van der Waals surface area (Å²) < 4.78 is 18.7. The number of amides is 2. The van der Waals surface area contributed by atoms with Gasteiger partial charge in [0.2, 0.25) is 5.91 Å². The van der Waals surface area contributed by atoms with Crippen LogP contribution in [0, 0.1) is 11.7 Å². The van der Waals surface area contributed by atoms with Crippen LogP contribution in [0.3, 0.4) is 0 Å². The Morgan fingerprint density at radius 2 is 1.69 bits per heavy atom. The van der Waals surface area contributed by atoms with Crippen LogP contribution in [0.5, 0.6) is 0 Å². The standard InChI is InChI=1S/C22H22FN3O3/c1-13(2)20(22(28)24-3)26-21(27)19-11-10-18(29-19)17-9-6-15(12-25-17)14-4-7-16(23)8-5-14/h4-13,20H,1-3H3,(H,24,28)(H,26,27). The molecule has 3 rings (SSSR count). The van der Waals surface area contributed by atoms with Gasteiger partial charge in [0.05, 0.1) is 0 Å². The minimum atomic E-state index is -0.658. The predicted molar refractivity (Wildman–Crippen MR) is 107 cm³/mol. The number of carbonyl (C=O) groups excluding carboxylic acids is 2. The van der Waals surface area contributed by atoms with Gasteiger partial charge in [-0.15, -0.1) is 0 Å². The molecule has 0 bridgehead atoms. The van der Waals surface area contributed by atoms with Crippen LogP contribution in [0.4, 0.5) is 4.39 Å². The molecule has 1 unspecified atom stereocenters. The largest absolute Gasteiger partial charge is 0.449 e. The number of nitrogens with zero attached hydrogens (tertiary/aromatic N) is 1. The summed E-state index contributed by atoms with van der Waals surface area (Å²) in [6.07, 6.45) is 1.66. The highest BCUT2D eigenvalue weighted by molar-refractivity contribution is 5.96. The van der Waals surface area contributed by atoms with Gasteiger partial charge < -0.3 is 15.1 Å². The zero-order valence-corrected chi connectivity index (χ0v) is 16.4. The molecule has 0 aliphatic carbocycles. The zero-order valence-electron chi connectivity index (χ0n) is 16.4. The maximum atomic E-state index is 13.1. The van der Waals surface area contributed by atoms with Gasteiger partial charge >= 0.3 is 0 Å². The van der Waals surface area contributed by atoms with Crippen LogP contribution in [0.25, 0.3) is 22.6 Å². The van der Waals surface area contributed by atoms with E-state index in [-0.39, 0.29) is 23.4 Å². The molecular formula is C22H22FN3O3. The number of rotatable bonds is 6. The van der Waals surface area contributed by atoms with Crippen LogP contribution >= 0.6 is 0 Å². The van der Waals surface area contributed by atoms with Gasteiger partial charge in [-0.1, -0.05) is 32.0 Å². The summed E-state index contributed by atoms with van der Waals surface area (Å²) in [5.74, 6) is -0.578. The summed E-state index contributed by atoms with van der Waals surface area (Å²) in [6, 6.07) is 12.3. The molecule has 7 heteroatoms. The second-order valence-corrected chi connectivity index (χ2v) is 6.91. The van der Waals surface area contributed by atoms with Gasteiger partial charge in [-0.05, 0) is 41.8 Å². The van der Waals surface area contributed by atoms with Gasteiger partial charge in [0.25, 0.3) is 5.91 Å². The van der Waals surface area contributed by atoms with Gasteiger partial charge in [0.15, 0.2) is 11.5 Å². The molecule has 1 atom stereocenters. The Morgan fingerprint density at radius 1 is 1.00 bits per heavy atom. The van der Waals surface area contributed by atoms with E-state index in [4.69, 9.17) is 4.42 Å². The number of halogens is 1. The van der Waals surface area contributed by atoms with Crippen LogP contribution in [-0.2, 0) is 4.79 Å². The molecule has 0 saturated carbocycles. The van der Waals surface area contributed by atoms with E-state index in [2.05, 4.69) is 15.6 Å². The van der Waals surface area contributed by atoms with E-state index in [1.165, 1.54) is 19.2 Å². The van der Waals surface area contributed by atoms with Crippen molar-refractivity contribution >= 4 is 11.8 Å². The minimum absolute atomic E-state index is 0.0750. The number of nitrogens with one attached hydrogen (secondary N) is 2. The van der Waals surface area contributed by atoms with Crippen LogP contribution < -0.4 is 10.6 Å². The van der Waals surface area contributed by atoms with Crippen LogP contribution in [0.1, 0.15) is 24.4 Å². The Hall–Kier alpha value is -3.48. The topological polar surface area (TPSA) is 84.2 Å². The molecule has 0 aliphatic rings. The Kier molecular flexibility index (Phi) is 6.07. The molecule has 2 N–H and O–H groups in total. The first-order valence-electron chi connectivity index (χ1n) is 9.23. The zero-order chi connectivity index (χ0) is 21.0. The van der Waals surface area contributed by atoms with E-state index in [1.807, 2.05) is 19.9 Å². The van der Waals surface area contributed by atoms with Gasteiger partial charge in [0.1, 0.15) is 17.6 Å². The van der Waals surface area contributed by atoms with Gasteiger partial charge in [-0.3, -0.25) is 14.6 Å². The van der Waals surface area contributed by atoms with Crippen molar-refractivity contribution in [1.82, 2.24) is 15.6 Å². The second-order valence-electron chi connectivity index (χ2n) is 6.91. The number of aromatic nitrogens is 1. The highest BCUT2D eigenvalue weighted by Crippen LogP contribution is 2.24. The average molecular weight is 395 g/mol. The lowest BCUT2D eigenvalue weighted by atomic mass is 10.0. The number of benzene rings is 1. The molecule has 0 fully saturated rings. The normalized spacial score (nSPS) is 11.9. The third-order valence-corrected chi connectivity index (χ3v) is 4.51. The summed E-state index contributed by atoms with van der Waals surface area (Å²) in [6.45, 7) is 3.70. The monoisotopic (exact) mass is 395 g/mol. The molecule has 6 nitrogen and oxygen atoms in total. The fourth-order valence-electron chi connectivity index (χ4n) is 2.85. The molecule has 150 valence electrons. The Balaban J connectivity index is 1.74. The number of furan rings is 1. The first-order valence-corrected chi connectivity index (χ1v) is 9.23. The lowest BCUT2D eigenvalue weighted by Gasteiger charge is -2.19. The SMILES string of the molecule is CNC(=O)C(NC(=O)c1ccc(-c2ccc(-c3ccc(F)cc3)cn2)o1)C(C)C. The van der Waals surface area contributed by atoms with Gasteiger partial charge in [-0.25, -0.2) is 4.39 Å². The lowest BCUT2D eigenvalue weighted by Crippen LogP contribution is -2.48. The molecule has 2 amide bonds. The fourth-order valence-corrected chi connectivity index (χ4v) is 2.85. The summed E-state index contributed by atoms with van der Waals surface area (Å²) in [5, 5.41) is 5.23. The molecule has 0 spiro atoms. The van der Waals surface area contributed by atoms with E-state index in [9.17, 15) is 14.0 Å². The number of hydrogen-bond donors (Lipinski definition) is 2. The van der Waals surface area contributed by atoms with Crippen molar-refractivity contribution in [2.45, 2.75) is 19.9 Å². The van der Waals surface area contributed by atoms with E-state index >= 15 is 0 Å². The molecular weight excluding hydrogens is 373 g/mol. The summed E-state index contributed by atoms with van der Waals surface area (Å²) in [5.41, 5.74) is 2.24. The highest BCUT2D eigenvalue weighted by atomic mass is 19.1. The van der Waals surface area contributed by atoms with Crippen molar-refractivity contribution in [1.29, 1.82) is 0 Å². The summed E-state index contributed by atoms with van der Waals surface area (Å²) in [4.78, 5) is 28.8. The second kappa shape index (κ2) is 8.68. The van der Waals surface area contributed by atoms with Crippen LogP contribution in [0.2, 0.25) is 0 Å².